The quantitative estimate of drug-likeness (QED) is 0.828. The number of amides is 1. The first-order chi connectivity index (χ1) is 8.97. The van der Waals surface area contributed by atoms with Crippen molar-refractivity contribution in [2.75, 3.05) is 13.2 Å². The molecule has 0 saturated heterocycles. The van der Waals surface area contributed by atoms with Gasteiger partial charge in [0, 0.05) is 5.92 Å². The van der Waals surface area contributed by atoms with Crippen LogP contribution >= 0.6 is 0 Å². The Morgan fingerprint density at radius 2 is 1.89 bits per heavy atom. The van der Waals surface area contributed by atoms with Crippen LogP contribution in [0.15, 0.2) is 24.3 Å². The summed E-state index contributed by atoms with van der Waals surface area (Å²) in [6.07, 6.45) is 2.09. The van der Waals surface area contributed by atoms with Crippen LogP contribution in [0.1, 0.15) is 39.2 Å². The van der Waals surface area contributed by atoms with Gasteiger partial charge in [0.1, 0.15) is 12.4 Å². The van der Waals surface area contributed by atoms with E-state index in [0.29, 0.717) is 13.2 Å². The highest BCUT2D eigenvalue weighted by molar-refractivity contribution is 5.80. The number of carbonyl (C=O) groups excluding carboxylic acids is 1. The number of carbonyl (C=O) groups is 1. The van der Waals surface area contributed by atoms with E-state index in [2.05, 4.69) is 38.2 Å². The van der Waals surface area contributed by atoms with Gasteiger partial charge in [-0.25, -0.2) is 0 Å². The van der Waals surface area contributed by atoms with Gasteiger partial charge in [-0.15, -0.1) is 0 Å². The molecule has 1 aliphatic carbocycles. The molecule has 3 nitrogen and oxygen atoms in total. The van der Waals surface area contributed by atoms with Crippen LogP contribution in [0.3, 0.4) is 0 Å². The molecule has 0 unspecified atom stereocenters. The molecule has 1 aromatic carbocycles. The SMILES string of the molecule is CC(C)(C)c1ccc(OCCNC(=O)C2CC2)cc1. The number of rotatable bonds is 5. The van der Waals surface area contributed by atoms with E-state index in [-0.39, 0.29) is 17.2 Å². The van der Waals surface area contributed by atoms with E-state index in [0.717, 1.165) is 18.6 Å². The van der Waals surface area contributed by atoms with Crippen LogP contribution in [0.5, 0.6) is 5.75 Å². The summed E-state index contributed by atoms with van der Waals surface area (Å²) in [5.41, 5.74) is 1.46. The zero-order valence-corrected chi connectivity index (χ0v) is 12.0. The molecule has 2 rings (SSSR count). The number of nitrogens with one attached hydrogen (secondary N) is 1. The van der Waals surface area contributed by atoms with Crippen molar-refractivity contribution in [3.05, 3.63) is 29.8 Å². The van der Waals surface area contributed by atoms with E-state index < -0.39 is 0 Å². The predicted octanol–water partition coefficient (Wildman–Crippen LogP) is 2.89. The number of ether oxygens (including phenoxy) is 1. The smallest absolute Gasteiger partial charge is 0.223 e. The van der Waals surface area contributed by atoms with Crippen LogP contribution in [-0.4, -0.2) is 19.1 Å². The molecule has 1 fully saturated rings. The summed E-state index contributed by atoms with van der Waals surface area (Å²) in [6, 6.07) is 8.17. The van der Waals surface area contributed by atoms with E-state index in [1.807, 2.05) is 12.1 Å². The Kier molecular flexibility index (Phi) is 4.13. The van der Waals surface area contributed by atoms with Crippen molar-refractivity contribution in [2.45, 2.75) is 39.0 Å². The van der Waals surface area contributed by atoms with Crippen molar-refractivity contribution in [3.8, 4) is 5.75 Å². The molecule has 1 aromatic rings. The molecular formula is C16H23NO2. The fourth-order valence-electron chi connectivity index (χ4n) is 1.88. The van der Waals surface area contributed by atoms with Crippen molar-refractivity contribution in [1.29, 1.82) is 0 Å². The van der Waals surface area contributed by atoms with Crippen molar-refractivity contribution in [3.63, 3.8) is 0 Å². The molecule has 0 aliphatic heterocycles. The van der Waals surface area contributed by atoms with E-state index in [1.165, 1.54) is 5.56 Å². The molecule has 1 saturated carbocycles. The lowest BCUT2D eigenvalue weighted by atomic mass is 9.87. The van der Waals surface area contributed by atoms with E-state index in [9.17, 15) is 4.79 Å². The first kappa shape index (κ1) is 13.9. The third-order valence-corrected chi connectivity index (χ3v) is 3.34. The molecule has 1 amide bonds. The third kappa shape index (κ3) is 4.27. The molecule has 1 N–H and O–H groups in total. The van der Waals surface area contributed by atoms with Gasteiger partial charge in [-0.1, -0.05) is 32.9 Å². The van der Waals surface area contributed by atoms with Crippen LogP contribution in [0.25, 0.3) is 0 Å². The van der Waals surface area contributed by atoms with E-state index >= 15 is 0 Å². The van der Waals surface area contributed by atoms with Crippen molar-refractivity contribution in [2.24, 2.45) is 5.92 Å². The van der Waals surface area contributed by atoms with Crippen LogP contribution in [0, 0.1) is 5.92 Å². The second-order valence-electron chi connectivity index (χ2n) is 6.19. The second-order valence-corrected chi connectivity index (χ2v) is 6.19. The summed E-state index contributed by atoms with van der Waals surface area (Å²) in [7, 11) is 0. The molecule has 0 spiro atoms. The average molecular weight is 261 g/mol. The molecule has 0 radical (unpaired) electrons. The van der Waals surface area contributed by atoms with Crippen molar-refractivity contribution < 1.29 is 9.53 Å². The number of hydrogen-bond donors (Lipinski definition) is 1. The van der Waals surface area contributed by atoms with Gasteiger partial charge >= 0.3 is 0 Å². The van der Waals surface area contributed by atoms with Gasteiger partial charge in [0.05, 0.1) is 6.54 Å². The monoisotopic (exact) mass is 261 g/mol. The van der Waals surface area contributed by atoms with Gasteiger partial charge < -0.3 is 10.1 Å². The number of hydrogen-bond acceptors (Lipinski definition) is 2. The average Bonchev–Trinajstić information content (AvgIpc) is 3.18. The maximum Gasteiger partial charge on any atom is 0.223 e. The van der Waals surface area contributed by atoms with Crippen LogP contribution < -0.4 is 10.1 Å². The highest BCUT2D eigenvalue weighted by Crippen LogP contribution is 2.28. The second kappa shape index (κ2) is 5.64. The molecule has 0 heterocycles. The van der Waals surface area contributed by atoms with Crippen molar-refractivity contribution in [1.82, 2.24) is 5.32 Å². The molecule has 0 aromatic heterocycles. The highest BCUT2D eigenvalue weighted by Gasteiger charge is 2.28. The van der Waals surface area contributed by atoms with Gasteiger partial charge in [0.15, 0.2) is 0 Å². The Morgan fingerprint density at radius 3 is 2.42 bits per heavy atom. The Morgan fingerprint density at radius 1 is 1.26 bits per heavy atom. The van der Waals surface area contributed by atoms with Crippen LogP contribution in [0.4, 0.5) is 0 Å². The van der Waals surface area contributed by atoms with Gasteiger partial charge in [-0.05, 0) is 36.0 Å². The molecule has 104 valence electrons. The molecular weight excluding hydrogens is 238 g/mol. The maximum atomic E-state index is 11.4. The fourth-order valence-corrected chi connectivity index (χ4v) is 1.88. The first-order valence-corrected chi connectivity index (χ1v) is 6.98. The third-order valence-electron chi connectivity index (χ3n) is 3.34. The standard InChI is InChI=1S/C16H23NO2/c1-16(2,3)13-6-8-14(9-7-13)19-11-10-17-15(18)12-4-5-12/h6-9,12H,4-5,10-11H2,1-3H3,(H,17,18). The summed E-state index contributed by atoms with van der Waals surface area (Å²) in [6.45, 7) is 7.67. The summed E-state index contributed by atoms with van der Waals surface area (Å²) >= 11 is 0. The maximum absolute atomic E-state index is 11.4. The lowest BCUT2D eigenvalue weighted by molar-refractivity contribution is -0.122. The zero-order valence-electron chi connectivity index (χ0n) is 12.0. The van der Waals surface area contributed by atoms with Gasteiger partial charge in [-0.2, -0.15) is 0 Å². The van der Waals surface area contributed by atoms with Crippen LogP contribution in [0.2, 0.25) is 0 Å². The predicted molar refractivity (Wildman–Crippen MR) is 76.4 cm³/mol. The molecule has 19 heavy (non-hydrogen) atoms. The summed E-state index contributed by atoms with van der Waals surface area (Å²) in [5, 5.41) is 2.89. The normalized spacial score (nSPS) is 15.1. The Bertz CT molecular complexity index is 427. The lowest BCUT2D eigenvalue weighted by Crippen LogP contribution is -2.29. The minimum atomic E-state index is 0.163. The lowest BCUT2D eigenvalue weighted by Gasteiger charge is -2.19. The zero-order chi connectivity index (χ0) is 13.9. The van der Waals surface area contributed by atoms with Gasteiger partial charge in [-0.3, -0.25) is 4.79 Å². The largest absolute Gasteiger partial charge is 0.492 e. The number of benzene rings is 1. The van der Waals surface area contributed by atoms with E-state index in [1.54, 1.807) is 0 Å². The Hall–Kier alpha value is -1.51. The Labute approximate surface area is 115 Å². The minimum absolute atomic E-state index is 0.163. The van der Waals surface area contributed by atoms with Crippen LogP contribution in [-0.2, 0) is 10.2 Å². The van der Waals surface area contributed by atoms with Crippen molar-refractivity contribution >= 4 is 5.91 Å². The fraction of sp³-hybridized carbons (Fsp3) is 0.562. The highest BCUT2D eigenvalue weighted by atomic mass is 16.5. The Balaban J connectivity index is 1.72. The summed E-state index contributed by atoms with van der Waals surface area (Å²) in [4.78, 5) is 11.4. The van der Waals surface area contributed by atoms with Gasteiger partial charge in [0.25, 0.3) is 0 Å². The minimum Gasteiger partial charge on any atom is -0.492 e. The molecule has 0 bridgehead atoms. The molecule has 1 aliphatic rings. The summed E-state index contributed by atoms with van der Waals surface area (Å²) < 4.78 is 5.61. The first-order valence-electron chi connectivity index (χ1n) is 6.98. The van der Waals surface area contributed by atoms with Gasteiger partial charge in [0.2, 0.25) is 5.91 Å². The molecule has 0 atom stereocenters. The van der Waals surface area contributed by atoms with E-state index in [4.69, 9.17) is 4.74 Å². The molecule has 3 heteroatoms. The topological polar surface area (TPSA) is 38.3 Å². The summed E-state index contributed by atoms with van der Waals surface area (Å²) in [5.74, 6) is 1.30.